The molecule has 0 atom stereocenters. The first-order valence-electron chi connectivity index (χ1n) is 9.89. The average Bonchev–Trinajstić information content (AvgIpc) is 2.71. The number of unbranched alkanes of at least 4 members (excludes halogenated alkanes) is 2. The second-order valence-electron chi connectivity index (χ2n) is 7.11. The molecule has 1 aromatic rings. The van der Waals surface area contributed by atoms with Gasteiger partial charge in [-0.25, -0.2) is 0 Å². The van der Waals surface area contributed by atoms with Crippen LogP contribution in [-0.4, -0.2) is 32.6 Å². The summed E-state index contributed by atoms with van der Waals surface area (Å²) in [6.07, 6.45) is 6.34. The van der Waals surface area contributed by atoms with Crippen LogP contribution in [0.5, 0.6) is 11.5 Å². The van der Waals surface area contributed by atoms with E-state index in [-0.39, 0.29) is 23.7 Å². The Labute approximate surface area is 162 Å². The van der Waals surface area contributed by atoms with Gasteiger partial charge < -0.3 is 20.1 Å². The van der Waals surface area contributed by atoms with Crippen molar-refractivity contribution in [1.29, 1.82) is 0 Å². The number of methoxy groups -OCH3 is 2. The third-order valence-corrected chi connectivity index (χ3v) is 5.20. The molecule has 150 valence electrons. The third-order valence-electron chi connectivity index (χ3n) is 5.20. The number of amides is 2. The van der Waals surface area contributed by atoms with Gasteiger partial charge in [0.15, 0.2) is 11.5 Å². The van der Waals surface area contributed by atoms with Gasteiger partial charge in [-0.05, 0) is 44.2 Å². The summed E-state index contributed by atoms with van der Waals surface area (Å²) in [6, 6.07) is 5.33. The Bertz CT molecular complexity index is 625. The zero-order valence-electron chi connectivity index (χ0n) is 16.7. The van der Waals surface area contributed by atoms with E-state index >= 15 is 0 Å². The number of hydrogen-bond acceptors (Lipinski definition) is 4. The summed E-state index contributed by atoms with van der Waals surface area (Å²) in [5, 5.41) is 5.98. The van der Waals surface area contributed by atoms with E-state index in [4.69, 9.17) is 9.47 Å². The molecule has 0 heterocycles. The Kier molecular flexibility index (Phi) is 8.43. The van der Waals surface area contributed by atoms with Crippen molar-refractivity contribution in [2.24, 2.45) is 11.8 Å². The Morgan fingerprint density at radius 3 is 2.19 bits per heavy atom. The molecule has 0 saturated heterocycles. The molecule has 0 radical (unpaired) electrons. The minimum absolute atomic E-state index is 0.00373. The molecule has 1 saturated carbocycles. The molecule has 0 aromatic heterocycles. The molecule has 2 amide bonds. The Morgan fingerprint density at radius 2 is 1.59 bits per heavy atom. The van der Waals surface area contributed by atoms with Crippen LogP contribution in [0, 0.1) is 11.8 Å². The van der Waals surface area contributed by atoms with Crippen molar-refractivity contribution in [2.45, 2.75) is 51.9 Å². The van der Waals surface area contributed by atoms with Crippen molar-refractivity contribution in [1.82, 2.24) is 5.32 Å². The largest absolute Gasteiger partial charge is 0.493 e. The van der Waals surface area contributed by atoms with E-state index in [2.05, 4.69) is 17.6 Å². The second-order valence-corrected chi connectivity index (χ2v) is 7.11. The molecule has 0 unspecified atom stereocenters. The van der Waals surface area contributed by atoms with E-state index in [1.54, 1.807) is 32.4 Å². The van der Waals surface area contributed by atoms with E-state index < -0.39 is 0 Å². The maximum Gasteiger partial charge on any atom is 0.227 e. The van der Waals surface area contributed by atoms with Crippen LogP contribution in [0.3, 0.4) is 0 Å². The molecule has 6 heteroatoms. The van der Waals surface area contributed by atoms with Gasteiger partial charge in [-0.2, -0.15) is 0 Å². The van der Waals surface area contributed by atoms with Crippen molar-refractivity contribution >= 4 is 17.5 Å². The molecular formula is C21H32N2O4. The summed E-state index contributed by atoms with van der Waals surface area (Å²) in [4.78, 5) is 24.8. The van der Waals surface area contributed by atoms with Gasteiger partial charge in [-0.1, -0.05) is 19.8 Å². The quantitative estimate of drug-likeness (QED) is 0.644. The zero-order chi connectivity index (χ0) is 19.6. The van der Waals surface area contributed by atoms with Crippen molar-refractivity contribution in [3.8, 4) is 11.5 Å². The Balaban J connectivity index is 1.80. The van der Waals surface area contributed by atoms with Gasteiger partial charge in [0, 0.05) is 30.1 Å². The van der Waals surface area contributed by atoms with Crippen molar-refractivity contribution < 1.29 is 19.1 Å². The molecule has 6 nitrogen and oxygen atoms in total. The second kappa shape index (κ2) is 10.8. The number of rotatable bonds is 9. The lowest BCUT2D eigenvalue weighted by Crippen LogP contribution is -2.35. The fourth-order valence-corrected chi connectivity index (χ4v) is 3.51. The summed E-state index contributed by atoms with van der Waals surface area (Å²) in [7, 11) is 3.15. The van der Waals surface area contributed by atoms with Crippen LogP contribution in [0.2, 0.25) is 0 Å². The van der Waals surface area contributed by atoms with Gasteiger partial charge in [0.1, 0.15) is 0 Å². The van der Waals surface area contributed by atoms with Gasteiger partial charge in [0.25, 0.3) is 0 Å². The first-order valence-corrected chi connectivity index (χ1v) is 9.89. The fraction of sp³-hybridized carbons (Fsp3) is 0.619. The summed E-state index contributed by atoms with van der Waals surface area (Å²) >= 11 is 0. The van der Waals surface area contributed by atoms with Crippen LogP contribution < -0.4 is 20.1 Å². The highest BCUT2D eigenvalue weighted by atomic mass is 16.5. The first kappa shape index (κ1) is 21.1. The van der Waals surface area contributed by atoms with Crippen LogP contribution in [-0.2, 0) is 9.59 Å². The predicted octanol–water partition coefficient (Wildman–Crippen LogP) is 3.76. The monoisotopic (exact) mass is 376 g/mol. The molecule has 0 spiro atoms. The molecule has 1 fully saturated rings. The van der Waals surface area contributed by atoms with Crippen LogP contribution in [0.15, 0.2) is 18.2 Å². The van der Waals surface area contributed by atoms with Crippen LogP contribution in [0.1, 0.15) is 51.9 Å². The highest BCUT2D eigenvalue weighted by Crippen LogP contribution is 2.32. The van der Waals surface area contributed by atoms with E-state index in [1.807, 2.05) is 0 Å². The van der Waals surface area contributed by atoms with Gasteiger partial charge in [-0.3, -0.25) is 9.59 Å². The number of anilines is 1. The van der Waals surface area contributed by atoms with Gasteiger partial charge >= 0.3 is 0 Å². The average molecular weight is 376 g/mol. The third kappa shape index (κ3) is 6.15. The number of benzene rings is 1. The number of carbonyl (C=O) groups excluding carboxylic acids is 2. The topological polar surface area (TPSA) is 76.7 Å². The van der Waals surface area contributed by atoms with E-state index in [9.17, 15) is 9.59 Å². The predicted molar refractivity (Wildman–Crippen MR) is 106 cm³/mol. The highest BCUT2D eigenvalue weighted by Gasteiger charge is 2.29. The van der Waals surface area contributed by atoms with Crippen LogP contribution in [0.4, 0.5) is 5.69 Å². The maximum absolute atomic E-state index is 12.6. The molecule has 0 bridgehead atoms. The smallest absolute Gasteiger partial charge is 0.227 e. The fourth-order valence-electron chi connectivity index (χ4n) is 3.51. The summed E-state index contributed by atoms with van der Waals surface area (Å²) < 4.78 is 10.5. The zero-order valence-corrected chi connectivity index (χ0v) is 16.7. The molecular weight excluding hydrogens is 344 g/mol. The Morgan fingerprint density at radius 1 is 0.963 bits per heavy atom. The lowest BCUT2D eigenvalue weighted by atomic mass is 9.81. The molecule has 1 aromatic carbocycles. The summed E-state index contributed by atoms with van der Waals surface area (Å²) in [5.74, 6) is 1.34. The highest BCUT2D eigenvalue weighted by molar-refractivity contribution is 5.93. The lowest BCUT2D eigenvalue weighted by molar-refractivity contribution is -0.128. The van der Waals surface area contributed by atoms with Crippen LogP contribution >= 0.6 is 0 Å². The van der Waals surface area contributed by atoms with Crippen molar-refractivity contribution in [3.05, 3.63) is 18.2 Å². The molecule has 27 heavy (non-hydrogen) atoms. The minimum Gasteiger partial charge on any atom is -0.493 e. The van der Waals surface area contributed by atoms with Crippen LogP contribution in [0.25, 0.3) is 0 Å². The van der Waals surface area contributed by atoms with Crippen molar-refractivity contribution in [2.75, 3.05) is 26.1 Å². The lowest BCUT2D eigenvalue weighted by Gasteiger charge is -2.27. The molecule has 1 aliphatic rings. The van der Waals surface area contributed by atoms with E-state index in [0.29, 0.717) is 17.2 Å². The van der Waals surface area contributed by atoms with Gasteiger partial charge in [0.2, 0.25) is 11.8 Å². The van der Waals surface area contributed by atoms with E-state index in [0.717, 1.165) is 51.5 Å². The normalized spacial score (nSPS) is 19.2. The van der Waals surface area contributed by atoms with Crippen molar-refractivity contribution in [3.63, 3.8) is 0 Å². The number of nitrogens with one attached hydrogen (secondary N) is 2. The molecule has 1 aliphatic carbocycles. The number of ether oxygens (including phenoxy) is 2. The van der Waals surface area contributed by atoms with E-state index in [1.165, 1.54) is 0 Å². The maximum atomic E-state index is 12.6. The molecule has 2 N–H and O–H groups in total. The van der Waals surface area contributed by atoms with Gasteiger partial charge in [0.05, 0.1) is 14.2 Å². The minimum atomic E-state index is -0.0535. The first-order chi connectivity index (χ1) is 13.1. The SMILES string of the molecule is CCCCCNC(=O)C1CCC(C(=O)Nc2ccc(OC)c(OC)c2)CC1. The summed E-state index contributed by atoms with van der Waals surface area (Å²) in [6.45, 7) is 2.91. The summed E-state index contributed by atoms with van der Waals surface area (Å²) in [5.41, 5.74) is 0.688. The molecule has 0 aliphatic heterocycles. The Hall–Kier alpha value is -2.24. The number of carbonyl (C=O) groups is 2. The standard InChI is InChI=1S/C21H32N2O4/c1-4-5-6-13-22-20(24)15-7-9-16(10-8-15)21(25)23-17-11-12-18(26-2)19(14-17)27-3/h11-12,14-16H,4-10,13H2,1-3H3,(H,22,24)(H,23,25). The molecule has 2 rings (SSSR count). The number of hydrogen-bond donors (Lipinski definition) is 2. The van der Waals surface area contributed by atoms with Gasteiger partial charge in [-0.15, -0.1) is 0 Å².